The fourth-order valence-electron chi connectivity index (χ4n) is 3.07. The van der Waals surface area contributed by atoms with Crippen LogP contribution in [0.1, 0.15) is 23.7 Å². The summed E-state index contributed by atoms with van der Waals surface area (Å²) in [6, 6.07) is 9.41. The van der Waals surface area contributed by atoms with Crippen molar-refractivity contribution in [1.29, 1.82) is 5.26 Å². The molecule has 27 heavy (non-hydrogen) atoms. The highest BCUT2D eigenvalue weighted by molar-refractivity contribution is 5.81. The summed E-state index contributed by atoms with van der Waals surface area (Å²) in [5, 5.41) is 23.6. The molecule has 1 aromatic carbocycles. The van der Waals surface area contributed by atoms with Crippen LogP contribution in [0.2, 0.25) is 0 Å². The van der Waals surface area contributed by atoms with E-state index in [0.29, 0.717) is 34.7 Å². The average molecular weight is 363 g/mol. The molecular formula is C20H21N5O2. The Morgan fingerprint density at radius 2 is 2.07 bits per heavy atom. The van der Waals surface area contributed by atoms with Gasteiger partial charge >= 0.3 is 0 Å². The SMILES string of the molecule is CCOc1ccc(-c2cc(-c3cn(C)nc3C)nc(N)c2C#N)cc1CO. The number of aromatic nitrogens is 3. The maximum atomic E-state index is 9.68. The van der Waals surface area contributed by atoms with Gasteiger partial charge in [-0.25, -0.2) is 4.98 Å². The molecule has 7 heteroatoms. The van der Waals surface area contributed by atoms with Gasteiger partial charge in [-0.05, 0) is 37.6 Å². The number of nitrogen functional groups attached to an aromatic ring is 1. The summed E-state index contributed by atoms with van der Waals surface area (Å²) in [6.07, 6.45) is 1.87. The number of ether oxygens (including phenoxy) is 1. The number of nitrogens with zero attached hydrogens (tertiary/aromatic N) is 4. The molecule has 0 amide bonds. The maximum Gasteiger partial charge on any atom is 0.142 e. The topological polar surface area (TPSA) is 110 Å². The summed E-state index contributed by atoms with van der Waals surface area (Å²) in [5.41, 5.74) is 10.8. The van der Waals surface area contributed by atoms with E-state index in [1.807, 2.05) is 39.2 Å². The van der Waals surface area contributed by atoms with Gasteiger partial charge in [-0.1, -0.05) is 6.07 Å². The van der Waals surface area contributed by atoms with Crippen LogP contribution in [-0.2, 0) is 13.7 Å². The lowest BCUT2D eigenvalue weighted by molar-refractivity contribution is 0.267. The smallest absolute Gasteiger partial charge is 0.142 e. The second-order valence-corrected chi connectivity index (χ2v) is 6.14. The summed E-state index contributed by atoms with van der Waals surface area (Å²) in [6.45, 7) is 4.11. The van der Waals surface area contributed by atoms with Crippen molar-refractivity contribution in [3.05, 3.63) is 47.3 Å². The Hall–Kier alpha value is -3.37. The Morgan fingerprint density at radius 1 is 1.30 bits per heavy atom. The molecule has 0 aliphatic carbocycles. The molecule has 0 bridgehead atoms. The number of aliphatic hydroxyl groups is 1. The van der Waals surface area contributed by atoms with Crippen LogP contribution >= 0.6 is 0 Å². The molecule has 0 aliphatic rings. The Labute approximate surface area is 157 Å². The lowest BCUT2D eigenvalue weighted by Gasteiger charge is -2.13. The van der Waals surface area contributed by atoms with E-state index in [1.54, 1.807) is 16.8 Å². The third kappa shape index (κ3) is 3.48. The van der Waals surface area contributed by atoms with Crippen molar-refractivity contribution >= 4 is 5.82 Å². The molecule has 0 unspecified atom stereocenters. The second kappa shape index (κ2) is 7.48. The zero-order valence-electron chi connectivity index (χ0n) is 15.5. The van der Waals surface area contributed by atoms with Gasteiger partial charge in [0.2, 0.25) is 0 Å². The van der Waals surface area contributed by atoms with Gasteiger partial charge < -0.3 is 15.6 Å². The van der Waals surface area contributed by atoms with E-state index >= 15 is 0 Å². The molecule has 3 aromatic rings. The number of nitriles is 1. The van der Waals surface area contributed by atoms with Crippen LogP contribution in [0.3, 0.4) is 0 Å². The number of hydrogen-bond donors (Lipinski definition) is 2. The first-order valence-electron chi connectivity index (χ1n) is 8.56. The van der Waals surface area contributed by atoms with Crippen LogP contribution in [-0.4, -0.2) is 26.5 Å². The summed E-state index contributed by atoms with van der Waals surface area (Å²) in [4.78, 5) is 4.39. The Balaban J connectivity index is 2.20. The molecular weight excluding hydrogens is 342 g/mol. The van der Waals surface area contributed by atoms with Crippen molar-refractivity contribution in [2.75, 3.05) is 12.3 Å². The predicted octanol–water partition coefficient (Wildman–Crippen LogP) is 2.80. The van der Waals surface area contributed by atoms with Gasteiger partial charge in [0, 0.05) is 29.9 Å². The second-order valence-electron chi connectivity index (χ2n) is 6.14. The van der Waals surface area contributed by atoms with Crippen molar-refractivity contribution in [3.63, 3.8) is 0 Å². The van der Waals surface area contributed by atoms with Crippen LogP contribution in [0.15, 0.2) is 30.5 Å². The molecule has 138 valence electrons. The molecule has 0 fully saturated rings. The summed E-state index contributed by atoms with van der Waals surface area (Å²) in [5.74, 6) is 0.778. The molecule has 2 heterocycles. The molecule has 0 radical (unpaired) electrons. The van der Waals surface area contributed by atoms with E-state index in [-0.39, 0.29) is 12.4 Å². The molecule has 0 aliphatic heterocycles. The minimum Gasteiger partial charge on any atom is -0.494 e. The van der Waals surface area contributed by atoms with E-state index in [2.05, 4.69) is 16.2 Å². The molecule has 0 saturated carbocycles. The van der Waals surface area contributed by atoms with E-state index in [4.69, 9.17) is 10.5 Å². The quantitative estimate of drug-likeness (QED) is 0.721. The number of anilines is 1. The van der Waals surface area contributed by atoms with Gasteiger partial charge in [0.05, 0.1) is 24.6 Å². The molecule has 0 saturated heterocycles. The third-order valence-corrected chi connectivity index (χ3v) is 4.29. The zero-order valence-corrected chi connectivity index (χ0v) is 15.5. The van der Waals surface area contributed by atoms with Gasteiger partial charge in [0.25, 0.3) is 0 Å². The number of benzene rings is 1. The van der Waals surface area contributed by atoms with Crippen molar-refractivity contribution < 1.29 is 9.84 Å². The van der Waals surface area contributed by atoms with Crippen molar-refractivity contribution in [2.45, 2.75) is 20.5 Å². The monoisotopic (exact) mass is 363 g/mol. The minimum absolute atomic E-state index is 0.160. The molecule has 2 aromatic heterocycles. The number of rotatable bonds is 5. The molecule has 3 rings (SSSR count). The Morgan fingerprint density at radius 3 is 2.67 bits per heavy atom. The van der Waals surface area contributed by atoms with Crippen LogP contribution in [0.5, 0.6) is 5.75 Å². The van der Waals surface area contributed by atoms with E-state index < -0.39 is 0 Å². The fraction of sp³-hybridized carbons (Fsp3) is 0.250. The van der Waals surface area contributed by atoms with E-state index in [1.165, 1.54) is 0 Å². The van der Waals surface area contributed by atoms with Crippen LogP contribution in [0.25, 0.3) is 22.4 Å². The first kappa shape index (κ1) is 18.4. The lowest BCUT2D eigenvalue weighted by Crippen LogP contribution is -2.01. The molecule has 3 N–H and O–H groups in total. The van der Waals surface area contributed by atoms with Crippen molar-refractivity contribution in [1.82, 2.24) is 14.8 Å². The first-order chi connectivity index (χ1) is 13.0. The predicted molar refractivity (Wildman–Crippen MR) is 103 cm³/mol. The standard InChI is InChI=1S/C20H21N5O2/c1-4-27-19-6-5-13(7-14(19)11-26)15-8-18(23-20(22)16(15)9-21)17-10-25(3)24-12(17)2/h5-8,10,26H,4,11H2,1-3H3,(H2,22,23). The van der Waals surface area contributed by atoms with Gasteiger partial charge in [-0.2, -0.15) is 10.4 Å². The highest BCUT2D eigenvalue weighted by Gasteiger charge is 2.17. The van der Waals surface area contributed by atoms with Crippen LogP contribution in [0, 0.1) is 18.3 Å². The van der Waals surface area contributed by atoms with Crippen molar-refractivity contribution in [3.8, 4) is 34.2 Å². The minimum atomic E-state index is -0.166. The number of nitrogens with two attached hydrogens (primary N) is 1. The first-order valence-corrected chi connectivity index (χ1v) is 8.56. The van der Waals surface area contributed by atoms with E-state index in [9.17, 15) is 10.4 Å². The molecule has 0 atom stereocenters. The van der Waals surface area contributed by atoms with Crippen LogP contribution < -0.4 is 10.5 Å². The summed E-state index contributed by atoms with van der Waals surface area (Å²) < 4.78 is 7.25. The molecule has 7 nitrogen and oxygen atoms in total. The summed E-state index contributed by atoms with van der Waals surface area (Å²) in [7, 11) is 1.84. The number of aryl methyl sites for hydroxylation is 2. The highest BCUT2D eigenvalue weighted by atomic mass is 16.5. The van der Waals surface area contributed by atoms with Crippen molar-refractivity contribution in [2.24, 2.45) is 7.05 Å². The third-order valence-electron chi connectivity index (χ3n) is 4.29. The summed E-state index contributed by atoms with van der Waals surface area (Å²) >= 11 is 0. The van der Waals surface area contributed by atoms with Gasteiger partial charge in [-0.3, -0.25) is 4.68 Å². The van der Waals surface area contributed by atoms with Crippen LogP contribution in [0.4, 0.5) is 5.82 Å². The van der Waals surface area contributed by atoms with Gasteiger partial charge in [0.1, 0.15) is 23.2 Å². The zero-order chi connectivity index (χ0) is 19.6. The largest absolute Gasteiger partial charge is 0.494 e. The Bertz CT molecular complexity index is 1030. The fourth-order valence-corrected chi connectivity index (χ4v) is 3.07. The lowest BCUT2D eigenvalue weighted by atomic mass is 9.97. The number of hydrogen-bond acceptors (Lipinski definition) is 6. The number of pyridine rings is 1. The van der Waals surface area contributed by atoms with Gasteiger partial charge in [-0.15, -0.1) is 0 Å². The normalized spacial score (nSPS) is 10.6. The Kier molecular flexibility index (Phi) is 5.10. The van der Waals surface area contributed by atoms with Gasteiger partial charge in [0.15, 0.2) is 0 Å². The highest BCUT2D eigenvalue weighted by Crippen LogP contribution is 2.34. The molecule has 0 spiro atoms. The van der Waals surface area contributed by atoms with E-state index in [0.717, 1.165) is 16.8 Å². The number of aliphatic hydroxyl groups excluding tert-OH is 1. The maximum absolute atomic E-state index is 9.68. The average Bonchev–Trinajstić information content (AvgIpc) is 2.99.